The van der Waals surface area contributed by atoms with Crippen molar-refractivity contribution in [1.29, 1.82) is 0 Å². The van der Waals surface area contributed by atoms with Crippen molar-refractivity contribution in [3.05, 3.63) is 71.8 Å². The van der Waals surface area contributed by atoms with Crippen molar-refractivity contribution in [1.82, 2.24) is 0 Å². The van der Waals surface area contributed by atoms with Crippen molar-refractivity contribution >= 4 is 32.3 Å². The molecular formula is C20H16O2. The Labute approximate surface area is 128 Å². The van der Waals surface area contributed by atoms with Gasteiger partial charge in [-0.2, -0.15) is 0 Å². The van der Waals surface area contributed by atoms with Gasteiger partial charge >= 0.3 is 0 Å². The molecule has 4 aromatic rings. The molecule has 0 aliphatic rings. The highest BCUT2D eigenvalue weighted by Gasteiger charge is 2.10. The van der Waals surface area contributed by atoms with Crippen molar-refractivity contribution in [2.75, 3.05) is 0 Å². The van der Waals surface area contributed by atoms with E-state index in [0.29, 0.717) is 0 Å². The minimum atomic E-state index is 0.00377. The van der Waals surface area contributed by atoms with Gasteiger partial charge in [0.05, 0.1) is 13.2 Å². The lowest BCUT2D eigenvalue weighted by Gasteiger charge is -2.12. The highest BCUT2D eigenvalue weighted by molar-refractivity contribution is 6.18. The van der Waals surface area contributed by atoms with Crippen LogP contribution in [-0.4, -0.2) is 10.2 Å². The quantitative estimate of drug-likeness (QED) is 0.544. The molecule has 0 saturated carbocycles. The first-order chi connectivity index (χ1) is 10.8. The van der Waals surface area contributed by atoms with E-state index in [4.69, 9.17) is 0 Å². The number of hydrogen-bond acceptors (Lipinski definition) is 2. The molecule has 0 aromatic heterocycles. The first-order valence-corrected chi connectivity index (χ1v) is 7.39. The Kier molecular flexibility index (Phi) is 3.07. The number of rotatable bonds is 2. The smallest absolute Gasteiger partial charge is 0.0688 e. The maximum atomic E-state index is 9.83. The van der Waals surface area contributed by atoms with Crippen molar-refractivity contribution in [3.63, 3.8) is 0 Å². The first-order valence-electron chi connectivity index (χ1n) is 7.39. The SMILES string of the molecule is OCc1ccc2c(c1)cc(CO)c1c3ccccc3ccc21. The fourth-order valence-electron chi connectivity index (χ4n) is 3.30. The van der Waals surface area contributed by atoms with Crippen LogP contribution in [0.25, 0.3) is 32.3 Å². The molecule has 0 radical (unpaired) electrons. The molecule has 0 unspecified atom stereocenters. The zero-order valence-corrected chi connectivity index (χ0v) is 12.1. The molecule has 2 nitrogen and oxygen atoms in total. The summed E-state index contributed by atoms with van der Waals surface area (Å²) < 4.78 is 0. The molecular weight excluding hydrogens is 272 g/mol. The summed E-state index contributed by atoms with van der Waals surface area (Å²) in [4.78, 5) is 0. The minimum Gasteiger partial charge on any atom is -0.392 e. The molecule has 4 rings (SSSR count). The second kappa shape index (κ2) is 5.09. The Hall–Kier alpha value is -2.42. The van der Waals surface area contributed by atoms with Crippen LogP contribution in [-0.2, 0) is 13.2 Å². The molecule has 0 saturated heterocycles. The van der Waals surface area contributed by atoms with E-state index in [2.05, 4.69) is 30.3 Å². The summed E-state index contributed by atoms with van der Waals surface area (Å²) >= 11 is 0. The molecule has 0 bridgehead atoms. The first kappa shape index (κ1) is 13.3. The molecule has 4 aromatic carbocycles. The molecule has 2 N–H and O–H groups in total. The normalized spacial score (nSPS) is 11.5. The van der Waals surface area contributed by atoms with Gasteiger partial charge in [-0.25, -0.2) is 0 Å². The molecule has 0 atom stereocenters. The Morgan fingerprint density at radius 3 is 2.27 bits per heavy atom. The topological polar surface area (TPSA) is 40.5 Å². The molecule has 2 heteroatoms. The van der Waals surface area contributed by atoms with E-state index in [1.165, 1.54) is 5.39 Å². The van der Waals surface area contributed by atoms with Gasteiger partial charge in [-0.05, 0) is 55.6 Å². The lowest BCUT2D eigenvalue weighted by molar-refractivity contribution is 0.282. The summed E-state index contributed by atoms with van der Waals surface area (Å²) in [5.41, 5.74) is 1.81. The van der Waals surface area contributed by atoms with Gasteiger partial charge in [0.2, 0.25) is 0 Å². The summed E-state index contributed by atoms with van der Waals surface area (Å²) in [6.45, 7) is 0.0317. The molecule has 0 fully saturated rings. The van der Waals surface area contributed by atoms with E-state index >= 15 is 0 Å². The van der Waals surface area contributed by atoms with Gasteiger partial charge in [0, 0.05) is 0 Å². The molecule has 0 amide bonds. The molecule has 22 heavy (non-hydrogen) atoms. The van der Waals surface area contributed by atoms with Crippen LogP contribution in [0.4, 0.5) is 0 Å². The third-order valence-electron chi connectivity index (χ3n) is 4.34. The van der Waals surface area contributed by atoms with Crippen LogP contribution < -0.4 is 0 Å². The summed E-state index contributed by atoms with van der Waals surface area (Å²) in [6, 6.07) is 20.5. The predicted octanol–water partition coefficient (Wildman–Crippen LogP) is 4.13. The highest BCUT2D eigenvalue weighted by Crippen LogP contribution is 2.34. The van der Waals surface area contributed by atoms with Gasteiger partial charge in [0.1, 0.15) is 0 Å². The van der Waals surface area contributed by atoms with Crippen molar-refractivity contribution in [2.24, 2.45) is 0 Å². The summed E-state index contributed by atoms with van der Waals surface area (Å²) in [7, 11) is 0. The van der Waals surface area contributed by atoms with Crippen molar-refractivity contribution in [2.45, 2.75) is 13.2 Å². The fourth-order valence-corrected chi connectivity index (χ4v) is 3.30. The summed E-state index contributed by atoms with van der Waals surface area (Å²) in [5.74, 6) is 0. The third kappa shape index (κ3) is 1.89. The fraction of sp³-hybridized carbons (Fsp3) is 0.100. The molecule has 0 aliphatic carbocycles. The minimum absolute atomic E-state index is 0.00377. The highest BCUT2D eigenvalue weighted by atomic mass is 16.3. The van der Waals surface area contributed by atoms with Crippen molar-refractivity contribution in [3.8, 4) is 0 Å². The van der Waals surface area contributed by atoms with Crippen LogP contribution >= 0.6 is 0 Å². The standard InChI is InChI=1S/C20H16O2/c21-11-13-5-7-17-15(9-13)10-16(12-22)20-18-4-2-1-3-14(18)6-8-19(17)20/h1-10,21-22H,11-12H2. The molecule has 0 heterocycles. The molecule has 0 spiro atoms. The summed E-state index contributed by atoms with van der Waals surface area (Å²) in [6.07, 6.45) is 0. The van der Waals surface area contributed by atoms with Crippen LogP contribution in [0.5, 0.6) is 0 Å². The van der Waals surface area contributed by atoms with E-state index < -0.39 is 0 Å². The second-order valence-corrected chi connectivity index (χ2v) is 5.62. The molecule has 108 valence electrons. The summed E-state index contributed by atoms with van der Waals surface area (Å²) in [5, 5.41) is 26.0. The predicted molar refractivity (Wildman–Crippen MR) is 90.8 cm³/mol. The van der Waals surface area contributed by atoms with Crippen LogP contribution in [0.1, 0.15) is 11.1 Å². The van der Waals surface area contributed by atoms with E-state index in [-0.39, 0.29) is 13.2 Å². The van der Waals surface area contributed by atoms with E-state index in [0.717, 1.165) is 38.1 Å². The monoisotopic (exact) mass is 288 g/mol. The third-order valence-corrected chi connectivity index (χ3v) is 4.34. The van der Waals surface area contributed by atoms with Crippen LogP contribution in [0, 0.1) is 0 Å². The molecule has 0 aliphatic heterocycles. The number of benzene rings is 4. The zero-order valence-electron chi connectivity index (χ0n) is 12.1. The Bertz CT molecular complexity index is 1000. The van der Waals surface area contributed by atoms with Crippen molar-refractivity contribution < 1.29 is 10.2 Å². The average molecular weight is 288 g/mol. The Morgan fingerprint density at radius 1 is 0.636 bits per heavy atom. The van der Waals surface area contributed by atoms with Gasteiger partial charge in [-0.3, -0.25) is 0 Å². The maximum absolute atomic E-state index is 9.83. The lowest BCUT2D eigenvalue weighted by atomic mass is 9.92. The zero-order chi connectivity index (χ0) is 15.1. The van der Waals surface area contributed by atoms with Gasteiger partial charge in [0.25, 0.3) is 0 Å². The second-order valence-electron chi connectivity index (χ2n) is 5.62. The van der Waals surface area contributed by atoms with Gasteiger partial charge in [-0.1, -0.05) is 48.5 Å². The number of fused-ring (bicyclic) bond motifs is 5. The Balaban J connectivity index is 2.23. The largest absolute Gasteiger partial charge is 0.392 e. The average Bonchev–Trinajstić information content (AvgIpc) is 2.59. The number of aliphatic hydroxyl groups is 2. The van der Waals surface area contributed by atoms with Gasteiger partial charge in [0.15, 0.2) is 0 Å². The van der Waals surface area contributed by atoms with E-state index in [9.17, 15) is 10.2 Å². The van der Waals surface area contributed by atoms with Gasteiger partial charge in [-0.15, -0.1) is 0 Å². The van der Waals surface area contributed by atoms with Crippen LogP contribution in [0.3, 0.4) is 0 Å². The Morgan fingerprint density at radius 2 is 1.45 bits per heavy atom. The number of hydrogen-bond donors (Lipinski definition) is 2. The van der Waals surface area contributed by atoms with E-state index in [1.807, 2.05) is 30.3 Å². The maximum Gasteiger partial charge on any atom is 0.0688 e. The lowest BCUT2D eigenvalue weighted by Crippen LogP contribution is -1.91. The van der Waals surface area contributed by atoms with Gasteiger partial charge < -0.3 is 10.2 Å². The number of aliphatic hydroxyl groups excluding tert-OH is 2. The van der Waals surface area contributed by atoms with Crippen LogP contribution in [0.15, 0.2) is 60.7 Å². The van der Waals surface area contributed by atoms with E-state index in [1.54, 1.807) is 0 Å². The van der Waals surface area contributed by atoms with Crippen LogP contribution in [0.2, 0.25) is 0 Å².